The van der Waals surface area contributed by atoms with E-state index in [9.17, 15) is 22.8 Å². The largest absolute Gasteiger partial charge is 0.467 e. The van der Waals surface area contributed by atoms with Crippen LogP contribution in [-0.2, 0) is 25.8 Å². The zero-order chi connectivity index (χ0) is 31.4. The smallest absolute Gasteiger partial charge is 0.328 e. The normalized spacial score (nSPS) is 14.9. The number of aromatic amines is 2. The van der Waals surface area contributed by atoms with Crippen molar-refractivity contribution in [2.45, 2.75) is 49.8 Å². The number of aryl methyl sites for hydroxylation is 2. The molecule has 3 N–H and O–H groups in total. The van der Waals surface area contributed by atoms with Crippen LogP contribution in [0.5, 0.6) is 0 Å². The van der Waals surface area contributed by atoms with E-state index in [-0.39, 0.29) is 35.4 Å². The van der Waals surface area contributed by atoms with E-state index in [2.05, 4.69) is 41.3 Å². The molecular formula is C30H31N7O6S. The fourth-order valence-corrected chi connectivity index (χ4v) is 6.64. The predicted octanol–water partition coefficient (Wildman–Crippen LogP) is 2.00. The van der Waals surface area contributed by atoms with Gasteiger partial charge in [0.05, 0.1) is 36.4 Å². The van der Waals surface area contributed by atoms with Gasteiger partial charge in [0.15, 0.2) is 0 Å². The summed E-state index contributed by atoms with van der Waals surface area (Å²) in [7, 11) is -2.52. The number of nitrogens with one attached hydrogen (secondary N) is 3. The first-order valence-corrected chi connectivity index (χ1v) is 15.6. The van der Waals surface area contributed by atoms with Crippen molar-refractivity contribution in [1.29, 1.82) is 0 Å². The number of carbonyl (C=O) groups excluding carboxylic acids is 2. The van der Waals surface area contributed by atoms with Crippen LogP contribution in [0.25, 0.3) is 10.9 Å². The summed E-state index contributed by atoms with van der Waals surface area (Å²) in [5.74, 6) is 1.77. The Kier molecular flexibility index (Phi) is 8.77. The van der Waals surface area contributed by atoms with Crippen molar-refractivity contribution in [2.75, 3.05) is 24.3 Å². The molecule has 2 heterocycles. The van der Waals surface area contributed by atoms with E-state index in [1.54, 1.807) is 31.2 Å². The molecule has 2 aromatic heterocycles. The molecule has 13 nitrogen and oxygen atoms in total. The van der Waals surface area contributed by atoms with Gasteiger partial charge in [-0.1, -0.05) is 5.92 Å². The zero-order valence-corrected chi connectivity index (χ0v) is 25.0. The molecule has 1 aliphatic carbocycles. The number of methoxy groups -OCH3 is 1. The summed E-state index contributed by atoms with van der Waals surface area (Å²) in [6.07, 6.45) is 8.54. The summed E-state index contributed by atoms with van der Waals surface area (Å²) >= 11 is 0. The number of carbonyl (C=O) groups is 2. The standard InChI is InChI=1S/C30H31N7O6S/c1-4-13-37(26-12-9-20-15-25-23(16-22(20)26)28(39)34-18(2)33-25)21-10-7-19(8-11-21)27(38)35-24(29(40)43-3)6-5-14-44(41,42)30-31-17-32-36-30/h1,7-8,10-11,15-17,24,26H,5-6,9,12-14H2,2-3H3,(H,35,38)(H,31,32,36)(H,33,34,39)/t24-,26?/m0/s1. The molecule has 0 saturated carbocycles. The van der Waals surface area contributed by atoms with Gasteiger partial charge in [-0.05, 0) is 80.1 Å². The fraction of sp³-hybridized carbons (Fsp3) is 0.333. The number of rotatable bonds is 11. The van der Waals surface area contributed by atoms with E-state index in [0.29, 0.717) is 28.8 Å². The number of anilines is 1. The van der Waals surface area contributed by atoms with Gasteiger partial charge in [-0.25, -0.2) is 23.2 Å². The summed E-state index contributed by atoms with van der Waals surface area (Å²) in [5, 5.41) is 8.77. The minimum Gasteiger partial charge on any atom is -0.467 e. The molecule has 4 aromatic rings. The van der Waals surface area contributed by atoms with Gasteiger partial charge >= 0.3 is 5.97 Å². The molecule has 0 radical (unpaired) electrons. The molecule has 0 bridgehead atoms. The second-order valence-corrected chi connectivity index (χ2v) is 12.5. The number of ether oxygens (including phenoxy) is 1. The summed E-state index contributed by atoms with van der Waals surface area (Å²) in [5.41, 5.74) is 3.67. The van der Waals surface area contributed by atoms with E-state index in [4.69, 9.17) is 11.2 Å². The van der Waals surface area contributed by atoms with Gasteiger partial charge in [0.1, 0.15) is 18.2 Å². The summed E-state index contributed by atoms with van der Waals surface area (Å²) < 4.78 is 29.6. The van der Waals surface area contributed by atoms with Crippen LogP contribution in [0.15, 0.2) is 52.7 Å². The quantitative estimate of drug-likeness (QED) is 0.166. The molecule has 44 heavy (non-hydrogen) atoms. The highest BCUT2D eigenvalue weighted by atomic mass is 32.2. The van der Waals surface area contributed by atoms with Crippen LogP contribution in [-0.4, -0.2) is 70.9 Å². The topological polar surface area (TPSA) is 180 Å². The van der Waals surface area contributed by atoms with Crippen LogP contribution in [0.2, 0.25) is 0 Å². The van der Waals surface area contributed by atoms with Crippen molar-refractivity contribution in [3.8, 4) is 12.3 Å². The number of sulfone groups is 1. The van der Waals surface area contributed by atoms with Gasteiger partial charge in [0.2, 0.25) is 15.0 Å². The highest BCUT2D eigenvalue weighted by molar-refractivity contribution is 7.91. The second-order valence-electron chi connectivity index (χ2n) is 10.5. The fourth-order valence-electron chi connectivity index (χ4n) is 5.50. The molecule has 0 aliphatic heterocycles. The Balaban J connectivity index is 1.30. The molecule has 2 atom stereocenters. The molecule has 1 unspecified atom stereocenters. The van der Waals surface area contributed by atoms with Crippen molar-refractivity contribution < 1.29 is 22.7 Å². The van der Waals surface area contributed by atoms with Crippen molar-refractivity contribution in [1.82, 2.24) is 30.5 Å². The van der Waals surface area contributed by atoms with Gasteiger partial charge in [-0.15, -0.1) is 6.42 Å². The minimum atomic E-state index is -3.72. The predicted molar refractivity (Wildman–Crippen MR) is 162 cm³/mol. The maximum atomic E-state index is 13.1. The van der Waals surface area contributed by atoms with Gasteiger partial charge in [-0.3, -0.25) is 14.7 Å². The maximum absolute atomic E-state index is 13.1. The van der Waals surface area contributed by atoms with Crippen molar-refractivity contribution in [3.05, 3.63) is 75.6 Å². The van der Waals surface area contributed by atoms with E-state index < -0.39 is 27.8 Å². The highest BCUT2D eigenvalue weighted by Gasteiger charge is 2.30. The van der Waals surface area contributed by atoms with Crippen LogP contribution in [0.4, 0.5) is 5.69 Å². The molecule has 0 fully saturated rings. The van der Waals surface area contributed by atoms with Crippen LogP contribution < -0.4 is 15.8 Å². The van der Waals surface area contributed by atoms with Gasteiger partial charge in [-0.2, -0.15) is 5.10 Å². The van der Waals surface area contributed by atoms with E-state index in [1.165, 1.54) is 7.11 Å². The highest BCUT2D eigenvalue weighted by Crippen LogP contribution is 2.39. The maximum Gasteiger partial charge on any atom is 0.328 e. The average Bonchev–Trinajstić information content (AvgIpc) is 3.69. The molecular weight excluding hydrogens is 586 g/mol. The second kappa shape index (κ2) is 12.7. The third-order valence-corrected chi connectivity index (χ3v) is 9.23. The third kappa shape index (κ3) is 6.32. The number of fused-ring (bicyclic) bond motifs is 2. The van der Waals surface area contributed by atoms with Crippen LogP contribution in [0.1, 0.15) is 52.6 Å². The van der Waals surface area contributed by atoms with Crippen molar-refractivity contribution in [3.63, 3.8) is 0 Å². The first-order chi connectivity index (χ1) is 21.1. The third-order valence-electron chi connectivity index (χ3n) is 7.61. The SMILES string of the molecule is C#CCN(c1ccc(C(=O)N[C@@H](CCCS(=O)(=O)c2ncn[nH]2)C(=O)OC)cc1)C1CCc2cc3nc(C)[nH]c(=O)c3cc21. The van der Waals surface area contributed by atoms with Crippen LogP contribution in [0.3, 0.4) is 0 Å². The van der Waals surface area contributed by atoms with Crippen LogP contribution in [0, 0.1) is 19.3 Å². The Hall–Kier alpha value is -5.03. The number of amides is 1. The summed E-state index contributed by atoms with van der Waals surface area (Å²) in [6, 6.07) is 9.54. The molecule has 0 spiro atoms. The molecule has 228 valence electrons. The lowest BCUT2D eigenvalue weighted by Crippen LogP contribution is -2.41. The Bertz CT molecular complexity index is 1900. The zero-order valence-electron chi connectivity index (χ0n) is 24.2. The molecule has 1 amide bonds. The Morgan fingerprint density at radius 3 is 2.70 bits per heavy atom. The van der Waals surface area contributed by atoms with Gasteiger partial charge < -0.3 is 19.9 Å². The van der Waals surface area contributed by atoms with Crippen molar-refractivity contribution in [2.24, 2.45) is 0 Å². The monoisotopic (exact) mass is 617 g/mol. The molecule has 14 heteroatoms. The Morgan fingerprint density at radius 2 is 2.02 bits per heavy atom. The molecule has 2 aromatic carbocycles. The van der Waals surface area contributed by atoms with Crippen molar-refractivity contribution >= 4 is 38.3 Å². The number of H-pyrrole nitrogens is 2. The first kappa shape index (κ1) is 30.4. The van der Waals surface area contributed by atoms with Gasteiger partial charge in [0, 0.05) is 11.3 Å². The summed E-state index contributed by atoms with van der Waals surface area (Å²) in [4.78, 5) is 51.0. The number of benzene rings is 2. The number of hydrogen-bond donors (Lipinski definition) is 3. The average molecular weight is 618 g/mol. The number of esters is 1. The Labute approximate surface area is 253 Å². The lowest BCUT2D eigenvalue weighted by Gasteiger charge is -2.30. The number of terminal acetylenes is 1. The van der Waals surface area contributed by atoms with E-state index in [0.717, 1.165) is 36.0 Å². The number of hydrogen-bond acceptors (Lipinski definition) is 10. The molecule has 0 saturated heterocycles. The number of nitrogens with zero attached hydrogens (tertiary/aromatic N) is 4. The first-order valence-electron chi connectivity index (χ1n) is 13.9. The van der Waals surface area contributed by atoms with Crippen LogP contribution >= 0.6 is 0 Å². The molecule has 5 rings (SSSR count). The molecule has 1 aliphatic rings. The summed E-state index contributed by atoms with van der Waals surface area (Å²) in [6.45, 7) is 2.05. The lowest BCUT2D eigenvalue weighted by molar-refractivity contribution is -0.143. The van der Waals surface area contributed by atoms with E-state index >= 15 is 0 Å². The number of aromatic nitrogens is 5. The van der Waals surface area contributed by atoms with E-state index in [1.807, 2.05) is 12.1 Å². The van der Waals surface area contributed by atoms with Gasteiger partial charge in [0.25, 0.3) is 11.5 Å². The lowest BCUT2D eigenvalue weighted by atomic mass is 10.0. The minimum absolute atomic E-state index is 0.0352. The Morgan fingerprint density at radius 1 is 1.25 bits per heavy atom.